The summed E-state index contributed by atoms with van der Waals surface area (Å²) in [5, 5.41) is 14.5. The van der Waals surface area contributed by atoms with Crippen LogP contribution in [0.5, 0.6) is 5.75 Å². The molecule has 0 aliphatic carbocycles. The Bertz CT molecular complexity index is 1050. The zero-order valence-electron chi connectivity index (χ0n) is 15.5. The minimum atomic E-state index is -0.199. The maximum absolute atomic E-state index is 12.9. The van der Waals surface area contributed by atoms with E-state index < -0.39 is 0 Å². The Kier molecular flexibility index (Phi) is 5.57. The van der Waals surface area contributed by atoms with Gasteiger partial charge < -0.3 is 14.2 Å². The van der Waals surface area contributed by atoms with Gasteiger partial charge in [-0.05, 0) is 24.6 Å². The standard InChI is InChI=1S/C19H19ClN6O3/c20-15-3-1-2-4-16(15)29-10-9-25-12-14(5-6-17(25)27)19(28)26-8-7-13(11-26)18-21-23-24-22-18/h1-6,12-13H,7-11H2,(H,21,22,23,24). The van der Waals surface area contributed by atoms with E-state index in [1.165, 1.54) is 10.6 Å². The van der Waals surface area contributed by atoms with E-state index in [4.69, 9.17) is 16.3 Å². The first-order valence-corrected chi connectivity index (χ1v) is 9.60. The zero-order chi connectivity index (χ0) is 20.2. The molecule has 3 aromatic rings. The molecule has 1 aliphatic heterocycles. The average molecular weight is 415 g/mol. The van der Waals surface area contributed by atoms with Crippen molar-refractivity contribution in [2.45, 2.75) is 18.9 Å². The van der Waals surface area contributed by atoms with Gasteiger partial charge >= 0.3 is 0 Å². The number of para-hydroxylation sites is 1. The molecule has 3 heterocycles. The van der Waals surface area contributed by atoms with E-state index in [1.807, 2.05) is 12.1 Å². The van der Waals surface area contributed by atoms with Crippen LogP contribution in [0.1, 0.15) is 28.5 Å². The molecule has 1 aliphatic rings. The molecule has 1 N–H and O–H groups in total. The van der Waals surface area contributed by atoms with Gasteiger partial charge in [0.1, 0.15) is 12.4 Å². The number of halogens is 1. The Balaban J connectivity index is 1.40. The summed E-state index contributed by atoms with van der Waals surface area (Å²) in [4.78, 5) is 26.8. The summed E-state index contributed by atoms with van der Waals surface area (Å²) in [6.45, 7) is 1.68. The lowest BCUT2D eigenvalue weighted by Crippen LogP contribution is -2.30. The van der Waals surface area contributed by atoms with Crippen LogP contribution in [0.15, 0.2) is 47.4 Å². The molecule has 29 heavy (non-hydrogen) atoms. The van der Waals surface area contributed by atoms with E-state index in [0.29, 0.717) is 41.8 Å². The Morgan fingerprint density at radius 1 is 1.28 bits per heavy atom. The largest absolute Gasteiger partial charge is 0.490 e. The SMILES string of the molecule is O=C(c1ccc(=O)n(CCOc2ccccc2Cl)c1)N1CCC(c2nn[nH]n2)C1. The van der Waals surface area contributed by atoms with Gasteiger partial charge in [0, 0.05) is 31.3 Å². The van der Waals surface area contributed by atoms with Crippen LogP contribution in [0.4, 0.5) is 0 Å². The van der Waals surface area contributed by atoms with Crippen molar-refractivity contribution in [3.8, 4) is 5.75 Å². The molecule has 4 rings (SSSR count). The highest BCUT2D eigenvalue weighted by atomic mass is 35.5. The second-order valence-corrected chi connectivity index (χ2v) is 7.14. The third-order valence-electron chi connectivity index (χ3n) is 4.86. The predicted octanol–water partition coefficient (Wildman–Crippen LogP) is 1.72. The number of nitrogens with zero attached hydrogens (tertiary/aromatic N) is 5. The molecule has 10 heteroatoms. The summed E-state index contributed by atoms with van der Waals surface area (Å²) in [5.74, 6) is 1.10. The molecule has 0 bridgehead atoms. The van der Waals surface area contributed by atoms with E-state index in [-0.39, 0.29) is 24.0 Å². The normalized spacial score (nSPS) is 16.2. The fraction of sp³-hybridized carbons (Fsp3) is 0.316. The van der Waals surface area contributed by atoms with Crippen LogP contribution in [-0.2, 0) is 6.54 Å². The summed E-state index contributed by atoms with van der Waals surface area (Å²) in [5.41, 5.74) is 0.256. The number of hydrogen-bond donors (Lipinski definition) is 1. The highest BCUT2D eigenvalue weighted by Gasteiger charge is 2.30. The summed E-state index contributed by atoms with van der Waals surface area (Å²) in [6, 6.07) is 10.1. The second-order valence-electron chi connectivity index (χ2n) is 6.74. The number of hydrogen-bond acceptors (Lipinski definition) is 6. The highest BCUT2D eigenvalue weighted by molar-refractivity contribution is 6.32. The lowest BCUT2D eigenvalue weighted by atomic mass is 10.1. The molecular formula is C19H19ClN6O3. The minimum Gasteiger partial charge on any atom is -0.490 e. The molecule has 150 valence electrons. The Labute approximate surface area is 171 Å². The summed E-state index contributed by atoms with van der Waals surface area (Å²) < 4.78 is 7.11. The first-order chi connectivity index (χ1) is 14.1. The number of rotatable bonds is 6. The third kappa shape index (κ3) is 4.29. The number of likely N-dealkylation sites (tertiary alicyclic amines) is 1. The number of carbonyl (C=O) groups excluding carboxylic acids is 1. The van der Waals surface area contributed by atoms with E-state index in [9.17, 15) is 9.59 Å². The Morgan fingerprint density at radius 3 is 2.93 bits per heavy atom. The van der Waals surface area contributed by atoms with Crippen molar-refractivity contribution in [1.29, 1.82) is 0 Å². The minimum absolute atomic E-state index is 0.0626. The molecule has 1 atom stereocenters. The monoisotopic (exact) mass is 414 g/mol. The molecule has 0 spiro atoms. The van der Waals surface area contributed by atoms with Gasteiger partial charge in [-0.2, -0.15) is 5.21 Å². The first kappa shape index (κ1) is 19.1. The average Bonchev–Trinajstić information content (AvgIpc) is 3.42. The van der Waals surface area contributed by atoms with Crippen LogP contribution in [0.2, 0.25) is 5.02 Å². The number of H-pyrrole nitrogens is 1. The van der Waals surface area contributed by atoms with Crippen molar-refractivity contribution in [3.05, 3.63) is 69.4 Å². The lowest BCUT2D eigenvalue weighted by molar-refractivity contribution is 0.0789. The summed E-state index contributed by atoms with van der Waals surface area (Å²) >= 11 is 6.07. The number of nitrogens with one attached hydrogen (secondary N) is 1. The van der Waals surface area contributed by atoms with Crippen LogP contribution >= 0.6 is 11.6 Å². The van der Waals surface area contributed by atoms with Gasteiger partial charge in [-0.15, -0.1) is 10.2 Å². The molecule has 1 fully saturated rings. The van der Waals surface area contributed by atoms with E-state index >= 15 is 0 Å². The predicted molar refractivity (Wildman–Crippen MR) is 105 cm³/mol. The van der Waals surface area contributed by atoms with Gasteiger partial charge in [0.15, 0.2) is 5.82 Å². The Morgan fingerprint density at radius 2 is 2.14 bits per heavy atom. The van der Waals surface area contributed by atoms with Gasteiger partial charge in [0.05, 0.1) is 17.1 Å². The van der Waals surface area contributed by atoms with Gasteiger partial charge in [-0.1, -0.05) is 28.9 Å². The van der Waals surface area contributed by atoms with Gasteiger partial charge in [0.2, 0.25) is 0 Å². The molecule has 1 unspecified atom stereocenters. The number of tetrazole rings is 1. The van der Waals surface area contributed by atoms with Gasteiger partial charge in [-0.25, -0.2) is 0 Å². The van der Waals surface area contributed by atoms with Crippen LogP contribution in [0.3, 0.4) is 0 Å². The number of amides is 1. The van der Waals surface area contributed by atoms with Crippen LogP contribution in [0.25, 0.3) is 0 Å². The van der Waals surface area contributed by atoms with E-state index in [0.717, 1.165) is 6.42 Å². The van der Waals surface area contributed by atoms with Crippen molar-refractivity contribution >= 4 is 17.5 Å². The number of aromatic amines is 1. The molecule has 1 aromatic carbocycles. The van der Waals surface area contributed by atoms with Crippen LogP contribution < -0.4 is 10.3 Å². The maximum atomic E-state index is 12.9. The molecule has 9 nitrogen and oxygen atoms in total. The second kappa shape index (κ2) is 8.44. The van der Waals surface area contributed by atoms with Gasteiger partial charge in [-0.3, -0.25) is 9.59 Å². The summed E-state index contributed by atoms with van der Waals surface area (Å²) in [6.07, 6.45) is 2.35. The van der Waals surface area contributed by atoms with Crippen LogP contribution in [-0.4, -0.2) is 55.7 Å². The highest BCUT2D eigenvalue weighted by Crippen LogP contribution is 2.25. The fourth-order valence-electron chi connectivity index (χ4n) is 3.33. The summed E-state index contributed by atoms with van der Waals surface area (Å²) in [7, 11) is 0. The zero-order valence-corrected chi connectivity index (χ0v) is 16.2. The number of benzene rings is 1. The molecule has 0 radical (unpaired) electrons. The van der Waals surface area contributed by atoms with Crippen molar-refractivity contribution in [2.75, 3.05) is 19.7 Å². The van der Waals surface area contributed by atoms with Gasteiger partial charge in [0.25, 0.3) is 11.5 Å². The lowest BCUT2D eigenvalue weighted by Gasteiger charge is -2.17. The maximum Gasteiger partial charge on any atom is 0.255 e. The molecule has 1 saturated heterocycles. The topological polar surface area (TPSA) is 106 Å². The molecule has 2 aromatic heterocycles. The first-order valence-electron chi connectivity index (χ1n) is 9.22. The van der Waals surface area contributed by atoms with Crippen molar-refractivity contribution in [2.24, 2.45) is 0 Å². The third-order valence-corrected chi connectivity index (χ3v) is 5.17. The van der Waals surface area contributed by atoms with E-state index in [2.05, 4.69) is 20.6 Å². The number of carbonyl (C=O) groups is 1. The Hall–Kier alpha value is -3.20. The quantitative estimate of drug-likeness (QED) is 0.658. The number of pyridine rings is 1. The van der Waals surface area contributed by atoms with Crippen molar-refractivity contribution in [3.63, 3.8) is 0 Å². The number of ether oxygens (including phenoxy) is 1. The molecular weight excluding hydrogens is 396 g/mol. The van der Waals surface area contributed by atoms with Crippen molar-refractivity contribution in [1.82, 2.24) is 30.1 Å². The fourth-order valence-corrected chi connectivity index (χ4v) is 3.52. The van der Waals surface area contributed by atoms with Crippen molar-refractivity contribution < 1.29 is 9.53 Å². The number of aromatic nitrogens is 5. The molecule has 1 amide bonds. The smallest absolute Gasteiger partial charge is 0.255 e. The van der Waals surface area contributed by atoms with E-state index in [1.54, 1.807) is 29.3 Å². The molecule has 0 saturated carbocycles. The van der Waals surface area contributed by atoms with Crippen LogP contribution in [0, 0.1) is 0 Å².